The lowest BCUT2D eigenvalue weighted by atomic mass is 9.78. The Bertz CT molecular complexity index is 1180. The quantitative estimate of drug-likeness (QED) is 0.366. The van der Waals surface area contributed by atoms with E-state index in [4.69, 9.17) is 4.74 Å². The summed E-state index contributed by atoms with van der Waals surface area (Å²) < 4.78 is 9.95. The molecule has 2 saturated carbocycles. The van der Waals surface area contributed by atoms with Crippen LogP contribution in [0.5, 0.6) is 5.75 Å². The van der Waals surface area contributed by atoms with E-state index < -0.39 is 0 Å². The number of rotatable bonds is 7. The van der Waals surface area contributed by atoms with Gasteiger partial charge in [-0.25, -0.2) is 0 Å². The van der Waals surface area contributed by atoms with Gasteiger partial charge in [0.2, 0.25) is 5.91 Å². The van der Waals surface area contributed by atoms with E-state index in [1.54, 1.807) is 7.11 Å². The van der Waals surface area contributed by atoms with Crippen molar-refractivity contribution in [2.45, 2.75) is 70.3 Å². The van der Waals surface area contributed by atoms with Gasteiger partial charge >= 0.3 is 0 Å². The van der Waals surface area contributed by atoms with Crippen LogP contribution in [0, 0.1) is 18.8 Å². The molecular formula is C31H38N2O3S. The summed E-state index contributed by atoms with van der Waals surface area (Å²) in [6.45, 7) is 2.87. The maximum atomic E-state index is 13.9. The fourth-order valence-electron chi connectivity index (χ4n) is 6.15. The van der Waals surface area contributed by atoms with Crippen LogP contribution in [-0.2, 0) is 4.79 Å². The van der Waals surface area contributed by atoms with Gasteiger partial charge in [-0.3, -0.25) is 4.79 Å². The van der Waals surface area contributed by atoms with Crippen LogP contribution in [0.2, 0.25) is 0 Å². The predicted molar refractivity (Wildman–Crippen MR) is 150 cm³/mol. The number of anilines is 1. The first kappa shape index (κ1) is 25.9. The molecule has 196 valence electrons. The summed E-state index contributed by atoms with van der Waals surface area (Å²) in [7, 11) is 1.72. The van der Waals surface area contributed by atoms with Crippen molar-refractivity contribution in [2.24, 2.45) is 11.8 Å². The molecule has 2 fully saturated rings. The topological polar surface area (TPSA) is 62.7 Å². The van der Waals surface area contributed by atoms with E-state index in [2.05, 4.69) is 52.6 Å². The minimum atomic E-state index is -0.262. The van der Waals surface area contributed by atoms with Crippen molar-refractivity contribution in [3.63, 3.8) is 0 Å². The first-order valence-corrected chi connectivity index (χ1v) is 14.5. The van der Waals surface area contributed by atoms with E-state index in [0.29, 0.717) is 11.8 Å². The van der Waals surface area contributed by atoms with Crippen LogP contribution >= 0.6 is 11.5 Å². The van der Waals surface area contributed by atoms with Crippen LogP contribution in [0.15, 0.2) is 53.9 Å². The fourth-order valence-corrected chi connectivity index (χ4v) is 6.68. The number of carbonyl (C=O) groups excluding carboxylic acids is 1. The van der Waals surface area contributed by atoms with Crippen molar-refractivity contribution in [3.8, 4) is 17.0 Å². The van der Waals surface area contributed by atoms with Crippen molar-refractivity contribution in [1.82, 2.24) is 4.37 Å². The lowest BCUT2D eigenvalue weighted by Crippen LogP contribution is -2.41. The van der Waals surface area contributed by atoms with Crippen LogP contribution in [0.3, 0.4) is 0 Å². The smallest absolute Gasteiger partial charge is 0.230 e. The molecule has 6 heteroatoms. The number of carbonyl (C=O) groups is 1. The molecule has 0 aliphatic heterocycles. The lowest BCUT2D eigenvalue weighted by Gasteiger charge is -2.36. The number of amides is 1. The number of aliphatic hydroxyl groups excluding tert-OH is 1. The maximum Gasteiger partial charge on any atom is 0.230 e. The summed E-state index contributed by atoms with van der Waals surface area (Å²) in [5.41, 5.74) is 5.57. The average molecular weight is 519 g/mol. The summed E-state index contributed by atoms with van der Waals surface area (Å²) in [5, 5.41) is 12.0. The van der Waals surface area contributed by atoms with Crippen molar-refractivity contribution < 1.29 is 14.6 Å². The van der Waals surface area contributed by atoms with E-state index in [1.165, 1.54) is 22.7 Å². The third-order valence-corrected chi connectivity index (χ3v) is 8.94. The van der Waals surface area contributed by atoms with Crippen molar-refractivity contribution in [1.29, 1.82) is 0 Å². The molecule has 5 nitrogen and oxygen atoms in total. The Kier molecular flexibility index (Phi) is 8.26. The van der Waals surface area contributed by atoms with E-state index in [9.17, 15) is 9.90 Å². The number of hydrogen-bond donors (Lipinski definition) is 1. The Morgan fingerprint density at radius 3 is 2.49 bits per heavy atom. The molecule has 0 bridgehead atoms. The van der Waals surface area contributed by atoms with Crippen molar-refractivity contribution >= 4 is 23.1 Å². The second-order valence-electron chi connectivity index (χ2n) is 10.8. The lowest BCUT2D eigenvalue weighted by molar-refractivity contribution is -0.124. The average Bonchev–Trinajstić information content (AvgIpc) is 3.47. The Hall–Kier alpha value is -2.70. The largest absolute Gasteiger partial charge is 0.496 e. The van der Waals surface area contributed by atoms with Gasteiger partial charge in [0.1, 0.15) is 5.75 Å². The number of nitrogens with zero attached hydrogens (tertiary/aromatic N) is 2. The molecule has 0 unspecified atom stereocenters. The van der Waals surface area contributed by atoms with Gasteiger partial charge in [-0.2, -0.15) is 4.37 Å². The highest BCUT2D eigenvalue weighted by Crippen LogP contribution is 2.39. The number of methoxy groups -OCH3 is 1. The molecule has 3 aromatic rings. The number of ether oxygens (including phenoxy) is 1. The Morgan fingerprint density at radius 2 is 1.81 bits per heavy atom. The number of aliphatic hydroxyl groups is 1. The standard InChI is InChI=1S/C31H38N2O3S/c1-21-18-25(12-15-30(21)36-2)23-8-6-22(7-9-23)20-33(31(35)24-10-13-28(34)14-11-24)27-5-3-4-26(19-27)29-16-17-37-32-29/h3-5,12,15-19,22-24,28,34H,6-11,13-14,20H2,1-2H3. The minimum absolute atomic E-state index is 0.00931. The Morgan fingerprint density at radius 1 is 1.03 bits per heavy atom. The minimum Gasteiger partial charge on any atom is -0.496 e. The van der Waals surface area contributed by atoms with Gasteiger partial charge in [-0.1, -0.05) is 24.3 Å². The molecule has 2 aliphatic rings. The van der Waals surface area contributed by atoms with Gasteiger partial charge in [-0.15, -0.1) is 0 Å². The van der Waals surface area contributed by atoms with E-state index >= 15 is 0 Å². The summed E-state index contributed by atoms with van der Waals surface area (Å²) in [4.78, 5) is 15.9. The van der Waals surface area contributed by atoms with Crippen molar-refractivity contribution in [3.05, 3.63) is 65.0 Å². The maximum absolute atomic E-state index is 13.9. The van der Waals surface area contributed by atoms with Crippen LogP contribution in [-0.4, -0.2) is 35.1 Å². The van der Waals surface area contributed by atoms with Crippen LogP contribution in [0.1, 0.15) is 68.4 Å². The van der Waals surface area contributed by atoms with E-state index in [1.807, 2.05) is 17.5 Å². The predicted octanol–water partition coefficient (Wildman–Crippen LogP) is 6.99. The molecule has 2 aliphatic carbocycles. The number of benzene rings is 2. The summed E-state index contributed by atoms with van der Waals surface area (Å²) in [5.74, 6) is 2.20. The SMILES string of the molecule is COc1ccc(C2CCC(CN(C(=O)C3CCC(O)CC3)c3cccc(-c4ccsn4)c3)CC2)cc1C. The molecule has 1 N–H and O–H groups in total. The molecule has 0 radical (unpaired) electrons. The number of hydrogen-bond acceptors (Lipinski definition) is 5. The molecule has 1 amide bonds. The second-order valence-corrected chi connectivity index (χ2v) is 11.5. The van der Waals surface area contributed by atoms with Gasteiger partial charge in [0.15, 0.2) is 0 Å². The molecule has 37 heavy (non-hydrogen) atoms. The molecule has 2 aromatic carbocycles. The summed E-state index contributed by atoms with van der Waals surface area (Å²) in [6, 6.07) is 16.9. The monoisotopic (exact) mass is 518 g/mol. The fraction of sp³-hybridized carbons (Fsp3) is 0.484. The number of aryl methyl sites for hydroxylation is 1. The van der Waals surface area contributed by atoms with Crippen LogP contribution in [0.4, 0.5) is 5.69 Å². The Balaban J connectivity index is 1.31. The van der Waals surface area contributed by atoms with E-state index in [0.717, 1.165) is 80.6 Å². The summed E-state index contributed by atoms with van der Waals surface area (Å²) >= 11 is 1.45. The highest BCUT2D eigenvalue weighted by Gasteiger charge is 2.32. The Labute approximate surface area is 224 Å². The molecule has 1 heterocycles. The van der Waals surface area contributed by atoms with Crippen molar-refractivity contribution in [2.75, 3.05) is 18.6 Å². The van der Waals surface area contributed by atoms with E-state index in [-0.39, 0.29) is 17.9 Å². The van der Waals surface area contributed by atoms with Gasteiger partial charge in [0.05, 0.1) is 18.9 Å². The normalized spacial score (nSPS) is 24.0. The van der Waals surface area contributed by atoms with Crippen LogP contribution in [0.25, 0.3) is 11.3 Å². The molecule has 0 saturated heterocycles. The molecular weight excluding hydrogens is 480 g/mol. The van der Waals surface area contributed by atoms with Gasteiger partial charge in [0, 0.05) is 29.1 Å². The third kappa shape index (κ3) is 6.07. The zero-order valence-corrected chi connectivity index (χ0v) is 22.8. The zero-order valence-electron chi connectivity index (χ0n) is 21.9. The zero-order chi connectivity index (χ0) is 25.8. The summed E-state index contributed by atoms with van der Waals surface area (Å²) in [6.07, 6.45) is 7.24. The first-order chi connectivity index (χ1) is 18.0. The van der Waals surface area contributed by atoms with Gasteiger partial charge in [0.25, 0.3) is 0 Å². The molecule has 5 rings (SSSR count). The molecule has 1 aromatic heterocycles. The highest BCUT2D eigenvalue weighted by atomic mass is 32.1. The van der Waals surface area contributed by atoms with Crippen LogP contribution < -0.4 is 9.64 Å². The van der Waals surface area contributed by atoms with Gasteiger partial charge in [-0.05, 0) is 117 Å². The second kappa shape index (κ2) is 11.8. The molecule has 0 spiro atoms. The third-order valence-electron chi connectivity index (χ3n) is 8.38. The first-order valence-electron chi connectivity index (χ1n) is 13.7. The molecule has 0 atom stereocenters. The van der Waals surface area contributed by atoms with Gasteiger partial charge < -0.3 is 14.7 Å². The highest BCUT2D eigenvalue weighted by molar-refractivity contribution is 7.03. The number of aromatic nitrogens is 1.